The first-order valence-electron chi connectivity index (χ1n) is 10.1. The molecule has 5 rings (SSSR count). The van der Waals surface area contributed by atoms with E-state index in [0.29, 0.717) is 5.88 Å². The first-order chi connectivity index (χ1) is 14.6. The van der Waals surface area contributed by atoms with E-state index in [-0.39, 0.29) is 5.92 Å². The Hall–Kier alpha value is -2.96. The number of nitrogens with one attached hydrogen (secondary N) is 1. The Bertz CT molecular complexity index is 1140. The molecule has 0 aliphatic heterocycles. The second-order valence-electron chi connectivity index (χ2n) is 8.07. The molecular weight excluding hydrogens is 394 g/mol. The number of rotatable bonds is 5. The van der Waals surface area contributed by atoms with Crippen LogP contribution in [0.1, 0.15) is 37.7 Å². The van der Waals surface area contributed by atoms with Crippen LogP contribution in [0, 0.1) is 0 Å². The van der Waals surface area contributed by atoms with E-state index in [2.05, 4.69) is 27.4 Å². The minimum absolute atomic E-state index is 0.267. The van der Waals surface area contributed by atoms with Gasteiger partial charge in [-0.3, -0.25) is 0 Å². The van der Waals surface area contributed by atoms with Crippen molar-refractivity contribution in [2.45, 2.75) is 37.7 Å². The Morgan fingerprint density at radius 2 is 1.93 bits per heavy atom. The molecule has 0 saturated heterocycles. The number of benzene rings is 2. The first-order valence-corrected chi connectivity index (χ1v) is 11.0. The van der Waals surface area contributed by atoms with Crippen molar-refractivity contribution >= 4 is 32.4 Å². The molecule has 2 N–H and O–H groups in total. The first kappa shape index (κ1) is 19.0. The van der Waals surface area contributed by atoms with E-state index >= 15 is 0 Å². The molecule has 2 aromatic heterocycles. The fourth-order valence-corrected chi connectivity index (χ4v) is 4.94. The van der Waals surface area contributed by atoms with Gasteiger partial charge in [-0.2, -0.15) is 0 Å². The summed E-state index contributed by atoms with van der Waals surface area (Å²) in [6.07, 6.45) is 4.23. The van der Waals surface area contributed by atoms with Gasteiger partial charge in [-0.15, -0.1) is 0 Å². The Kier molecular flexibility index (Phi) is 4.89. The highest BCUT2D eigenvalue weighted by Gasteiger charge is 2.35. The number of thiazole rings is 1. The molecule has 30 heavy (non-hydrogen) atoms. The van der Waals surface area contributed by atoms with E-state index in [1.807, 2.05) is 55.5 Å². The number of hydrogen-bond acceptors (Lipinski definition) is 6. The lowest BCUT2D eigenvalue weighted by atomic mass is 9.96. The normalized spacial score (nSPS) is 21.1. The topological polar surface area (TPSA) is 67.3 Å². The third kappa shape index (κ3) is 4.01. The van der Waals surface area contributed by atoms with Crippen molar-refractivity contribution in [2.24, 2.45) is 0 Å². The highest BCUT2D eigenvalue weighted by molar-refractivity contribution is 7.22. The number of hydrogen-bond donors (Lipinski definition) is 2. The molecule has 4 aromatic rings. The molecule has 1 aliphatic carbocycles. The molecule has 6 heteroatoms. The molecule has 0 amide bonds. The average Bonchev–Trinajstić information content (AvgIpc) is 3.32. The SMILES string of the molecule is C[C@]1(O)CC[C@H](c2cccnc2Oc2ccc(Nc3nc4ccccc4s3)cc2)C1. The van der Waals surface area contributed by atoms with Crippen LogP contribution >= 0.6 is 11.3 Å². The lowest BCUT2D eigenvalue weighted by Gasteiger charge is -2.18. The lowest BCUT2D eigenvalue weighted by molar-refractivity contribution is 0.0664. The number of anilines is 2. The summed E-state index contributed by atoms with van der Waals surface area (Å²) < 4.78 is 7.27. The van der Waals surface area contributed by atoms with Crippen molar-refractivity contribution in [3.05, 3.63) is 72.4 Å². The molecule has 152 valence electrons. The van der Waals surface area contributed by atoms with E-state index in [1.54, 1.807) is 17.5 Å². The maximum Gasteiger partial charge on any atom is 0.222 e. The number of nitrogens with zero attached hydrogens (tertiary/aromatic N) is 2. The van der Waals surface area contributed by atoms with Crippen LogP contribution in [0.15, 0.2) is 66.9 Å². The summed E-state index contributed by atoms with van der Waals surface area (Å²) in [5, 5.41) is 14.6. The highest BCUT2D eigenvalue weighted by Crippen LogP contribution is 2.43. The summed E-state index contributed by atoms with van der Waals surface area (Å²) in [5.74, 6) is 1.62. The van der Waals surface area contributed by atoms with Gasteiger partial charge >= 0.3 is 0 Å². The fourth-order valence-electron chi connectivity index (χ4n) is 4.05. The minimum Gasteiger partial charge on any atom is -0.439 e. The van der Waals surface area contributed by atoms with Crippen LogP contribution in [0.5, 0.6) is 11.6 Å². The van der Waals surface area contributed by atoms with Crippen LogP contribution in [-0.4, -0.2) is 20.7 Å². The monoisotopic (exact) mass is 417 g/mol. The lowest BCUT2D eigenvalue weighted by Crippen LogP contribution is -2.18. The molecule has 0 unspecified atom stereocenters. The van der Waals surface area contributed by atoms with E-state index < -0.39 is 5.60 Å². The van der Waals surface area contributed by atoms with Crippen molar-refractivity contribution in [3.63, 3.8) is 0 Å². The number of aromatic nitrogens is 2. The molecule has 1 saturated carbocycles. The van der Waals surface area contributed by atoms with Crippen LogP contribution in [-0.2, 0) is 0 Å². The summed E-state index contributed by atoms with van der Waals surface area (Å²) in [5.41, 5.74) is 2.41. The summed E-state index contributed by atoms with van der Waals surface area (Å²) in [6, 6.07) is 19.9. The minimum atomic E-state index is -0.605. The Morgan fingerprint density at radius 3 is 2.70 bits per heavy atom. The van der Waals surface area contributed by atoms with Gasteiger partial charge in [0.15, 0.2) is 5.13 Å². The van der Waals surface area contributed by atoms with Crippen molar-refractivity contribution in [2.75, 3.05) is 5.32 Å². The van der Waals surface area contributed by atoms with Gasteiger partial charge in [0.25, 0.3) is 0 Å². The van der Waals surface area contributed by atoms with E-state index in [0.717, 1.165) is 51.6 Å². The maximum absolute atomic E-state index is 10.3. The molecule has 2 heterocycles. The van der Waals surface area contributed by atoms with Gasteiger partial charge in [0.1, 0.15) is 5.75 Å². The molecule has 2 atom stereocenters. The predicted molar refractivity (Wildman–Crippen MR) is 121 cm³/mol. The summed E-state index contributed by atoms with van der Waals surface area (Å²) >= 11 is 1.63. The van der Waals surface area contributed by atoms with Gasteiger partial charge in [-0.05, 0) is 74.6 Å². The zero-order valence-electron chi connectivity index (χ0n) is 16.7. The van der Waals surface area contributed by atoms with Crippen LogP contribution in [0.3, 0.4) is 0 Å². The predicted octanol–water partition coefficient (Wildman–Crippen LogP) is 6.25. The Labute approximate surface area is 179 Å². The van der Waals surface area contributed by atoms with Crippen LogP contribution < -0.4 is 10.1 Å². The quantitative estimate of drug-likeness (QED) is 0.402. The summed E-state index contributed by atoms with van der Waals surface area (Å²) in [4.78, 5) is 9.06. The molecule has 1 fully saturated rings. The smallest absolute Gasteiger partial charge is 0.222 e. The van der Waals surface area contributed by atoms with Crippen molar-refractivity contribution in [1.29, 1.82) is 0 Å². The van der Waals surface area contributed by atoms with Gasteiger partial charge in [0.05, 0.1) is 15.8 Å². The zero-order chi connectivity index (χ0) is 20.6. The largest absolute Gasteiger partial charge is 0.439 e. The van der Waals surface area contributed by atoms with Crippen molar-refractivity contribution < 1.29 is 9.84 Å². The molecule has 0 bridgehead atoms. The average molecular weight is 418 g/mol. The second kappa shape index (κ2) is 7.70. The second-order valence-corrected chi connectivity index (χ2v) is 9.10. The summed E-state index contributed by atoms with van der Waals surface area (Å²) in [6.45, 7) is 1.90. The molecule has 2 aromatic carbocycles. The van der Waals surface area contributed by atoms with Crippen LogP contribution in [0.25, 0.3) is 10.2 Å². The maximum atomic E-state index is 10.3. The number of pyridine rings is 1. The Balaban J connectivity index is 1.31. The van der Waals surface area contributed by atoms with Gasteiger partial charge in [0, 0.05) is 17.4 Å². The standard InChI is InChI=1S/C24H23N3O2S/c1-24(28)13-12-16(15-24)19-5-4-14-25-22(19)29-18-10-8-17(9-11-18)26-23-27-20-6-2-3-7-21(20)30-23/h2-11,14,16,28H,12-13,15H2,1H3,(H,26,27)/t16-,24-/m0/s1. The van der Waals surface area contributed by atoms with Crippen molar-refractivity contribution in [1.82, 2.24) is 9.97 Å². The van der Waals surface area contributed by atoms with E-state index in [9.17, 15) is 5.11 Å². The number of para-hydroxylation sites is 1. The summed E-state index contributed by atoms with van der Waals surface area (Å²) in [7, 11) is 0. The number of aliphatic hydroxyl groups is 1. The molecule has 1 aliphatic rings. The van der Waals surface area contributed by atoms with Crippen LogP contribution in [0.2, 0.25) is 0 Å². The molecule has 0 spiro atoms. The van der Waals surface area contributed by atoms with Gasteiger partial charge in [0.2, 0.25) is 5.88 Å². The number of ether oxygens (including phenoxy) is 1. The number of fused-ring (bicyclic) bond motifs is 1. The van der Waals surface area contributed by atoms with E-state index in [4.69, 9.17) is 4.74 Å². The molecule has 5 nitrogen and oxygen atoms in total. The van der Waals surface area contributed by atoms with Gasteiger partial charge < -0.3 is 15.2 Å². The Morgan fingerprint density at radius 1 is 1.10 bits per heavy atom. The third-order valence-electron chi connectivity index (χ3n) is 5.57. The molecular formula is C24H23N3O2S. The highest BCUT2D eigenvalue weighted by atomic mass is 32.1. The van der Waals surface area contributed by atoms with Gasteiger partial charge in [-0.25, -0.2) is 9.97 Å². The van der Waals surface area contributed by atoms with E-state index in [1.165, 1.54) is 0 Å². The van der Waals surface area contributed by atoms with Crippen molar-refractivity contribution in [3.8, 4) is 11.6 Å². The van der Waals surface area contributed by atoms with Crippen LogP contribution in [0.4, 0.5) is 10.8 Å². The van der Waals surface area contributed by atoms with Gasteiger partial charge in [-0.1, -0.05) is 29.5 Å². The fraction of sp³-hybridized carbons (Fsp3) is 0.250. The third-order valence-corrected chi connectivity index (χ3v) is 6.52. The zero-order valence-corrected chi connectivity index (χ0v) is 17.5. The molecule has 0 radical (unpaired) electrons.